The van der Waals surface area contributed by atoms with Gasteiger partial charge in [0, 0.05) is 25.2 Å². The summed E-state index contributed by atoms with van der Waals surface area (Å²) in [5.41, 5.74) is 0.479. The zero-order valence-electron chi connectivity index (χ0n) is 14.5. The summed E-state index contributed by atoms with van der Waals surface area (Å²) in [7, 11) is 0. The van der Waals surface area contributed by atoms with Crippen molar-refractivity contribution in [2.75, 3.05) is 19.6 Å². The quantitative estimate of drug-likeness (QED) is 0.822. The van der Waals surface area contributed by atoms with Gasteiger partial charge in [-0.15, -0.1) is 0 Å². The molecule has 1 N–H and O–H groups in total. The van der Waals surface area contributed by atoms with Crippen molar-refractivity contribution < 1.29 is 0 Å². The Balaban J connectivity index is 1.51. The third kappa shape index (κ3) is 4.96. The zero-order valence-corrected chi connectivity index (χ0v) is 14.5. The fourth-order valence-corrected chi connectivity index (χ4v) is 4.69. The molecule has 2 nitrogen and oxygen atoms in total. The first kappa shape index (κ1) is 15.8. The van der Waals surface area contributed by atoms with Crippen molar-refractivity contribution in [3.8, 4) is 0 Å². The van der Waals surface area contributed by atoms with Gasteiger partial charge in [0.25, 0.3) is 0 Å². The predicted octanol–water partition coefficient (Wildman–Crippen LogP) is 4.06. The molecular formula is C19H36N2. The summed E-state index contributed by atoms with van der Waals surface area (Å²) < 4.78 is 0. The Morgan fingerprint density at radius 1 is 0.952 bits per heavy atom. The van der Waals surface area contributed by atoms with Crippen LogP contribution in [0.15, 0.2) is 0 Å². The number of nitrogens with one attached hydrogen (secondary N) is 1. The maximum Gasteiger partial charge on any atom is 0.0198 e. The Labute approximate surface area is 132 Å². The fourth-order valence-electron chi connectivity index (χ4n) is 4.69. The largest absolute Gasteiger partial charge is 0.312 e. The van der Waals surface area contributed by atoms with Gasteiger partial charge in [-0.3, -0.25) is 4.90 Å². The molecular weight excluding hydrogens is 256 g/mol. The Bertz CT molecular complexity index is 323. The molecule has 2 heteroatoms. The van der Waals surface area contributed by atoms with E-state index in [4.69, 9.17) is 0 Å². The van der Waals surface area contributed by atoms with E-state index < -0.39 is 0 Å². The van der Waals surface area contributed by atoms with Crippen LogP contribution < -0.4 is 5.32 Å². The molecule has 0 spiro atoms. The Morgan fingerprint density at radius 2 is 1.67 bits per heavy atom. The molecule has 21 heavy (non-hydrogen) atoms. The maximum absolute atomic E-state index is 3.95. The number of piperidine rings is 1. The average Bonchev–Trinajstić information content (AvgIpc) is 3.11. The zero-order chi connectivity index (χ0) is 14.9. The molecule has 2 unspecified atom stereocenters. The highest BCUT2D eigenvalue weighted by atomic mass is 15.2. The van der Waals surface area contributed by atoms with Crippen LogP contribution in [0.4, 0.5) is 0 Å². The van der Waals surface area contributed by atoms with Crippen molar-refractivity contribution in [1.82, 2.24) is 10.2 Å². The van der Waals surface area contributed by atoms with Crippen LogP contribution in [0, 0.1) is 17.3 Å². The smallest absolute Gasteiger partial charge is 0.0198 e. The maximum atomic E-state index is 3.95. The van der Waals surface area contributed by atoms with Crippen molar-refractivity contribution in [2.24, 2.45) is 17.3 Å². The minimum Gasteiger partial charge on any atom is -0.312 e. The third-order valence-corrected chi connectivity index (χ3v) is 5.70. The lowest BCUT2D eigenvalue weighted by Crippen LogP contribution is -2.51. The normalized spacial score (nSPS) is 32.7. The van der Waals surface area contributed by atoms with E-state index in [1.54, 1.807) is 0 Å². The molecule has 0 radical (unpaired) electrons. The van der Waals surface area contributed by atoms with Gasteiger partial charge in [0.1, 0.15) is 0 Å². The molecule has 122 valence electrons. The van der Waals surface area contributed by atoms with Crippen LogP contribution in [0.3, 0.4) is 0 Å². The second-order valence-electron chi connectivity index (χ2n) is 9.31. The molecule has 3 fully saturated rings. The number of hydrogen-bond donors (Lipinski definition) is 1. The number of nitrogens with zero attached hydrogens (tertiary/aromatic N) is 1. The van der Waals surface area contributed by atoms with E-state index in [2.05, 4.69) is 31.0 Å². The van der Waals surface area contributed by atoms with Crippen LogP contribution >= 0.6 is 0 Å². The lowest BCUT2D eigenvalue weighted by atomic mass is 9.80. The van der Waals surface area contributed by atoms with Gasteiger partial charge in [-0.25, -0.2) is 0 Å². The van der Waals surface area contributed by atoms with E-state index in [1.165, 1.54) is 71.0 Å². The van der Waals surface area contributed by atoms with E-state index in [-0.39, 0.29) is 0 Å². The molecule has 3 rings (SSSR count). The summed E-state index contributed by atoms with van der Waals surface area (Å²) in [6.45, 7) is 11.2. The van der Waals surface area contributed by atoms with E-state index in [1.807, 2.05) is 0 Å². The van der Waals surface area contributed by atoms with Crippen LogP contribution in [-0.2, 0) is 0 Å². The topological polar surface area (TPSA) is 15.3 Å². The molecule has 3 aliphatic rings. The van der Waals surface area contributed by atoms with Gasteiger partial charge in [0.2, 0.25) is 0 Å². The van der Waals surface area contributed by atoms with Gasteiger partial charge < -0.3 is 5.32 Å². The molecule has 2 aliphatic carbocycles. The predicted molar refractivity (Wildman–Crippen MR) is 90.5 cm³/mol. The highest BCUT2D eigenvalue weighted by molar-refractivity contribution is 4.93. The first-order valence-corrected chi connectivity index (χ1v) is 9.47. The molecule has 0 aromatic carbocycles. The number of hydrogen-bond acceptors (Lipinski definition) is 2. The van der Waals surface area contributed by atoms with Crippen molar-refractivity contribution in [3.63, 3.8) is 0 Å². The van der Waals surface area contributed by atoms with Gasteiger partial charge in [-0.1, -0.05) is 33.6 Å². The van der Waals surface area contributed by atoms with Crippen molar-refractivity contribution in [3.05, 3.63) is 0 Å². The molecule has 1 aliphatic heterocycles. The number of likely N-dealkylation sites (tertiary alicyclic amines) is 1. The fraction of sp³-hybridized carbons (Fsp3) is 1.00. The molecule has 2 atom stereocenters. The third-order valence-electron chi connectivity index (χ3n) is 5.70. The molecule has 0 aromatic heterocycles. The van der Waals surface area contributed by atoms with Crippen molar-refractivity contribution in [2.45, 2.75) is 84.2 Å². The Hall–Kier alpha value is -0.0800. The summed E-state index contributed by atoms with van der Waals surface area (Å²) in [5, 5.41) is 3.95. The van der Waals surface area contributed by atoms with E-state index in [9.17, 15) is 0 Å². The molecule has 2 saturated carbocycles. The van der Waals surface area contributed by atoms with Crippen molar-refractivity contribution in [1.29, 1.82) is 0 Å². The number of rotatable bonds is 5. The van der Waals surface area contributed by atoms with Gasteiger partial charge in [0.15, 0.2) is 0 Å². The van der Waals surface area contributed by atoms with Crippen molar-refractivity contribution >= 4 is 0 Å². The highest BCUT2D eigenvalue weighted by Gasteiger charge is 2.37. The molecule has 0 aromatic rings. The first-order chi connectivity index (χ1) is 9.99. The highest BCUT2D eigenvalue weighted by Crippen LogP contribution is 2.35. The Kier molecular flexibility index (Phi) is 4.95. The minimum absolute atomic E-state index is 0.479. The summed E-state index contributed by atoms with van der Waals surface area (Å²) in [6, 6.07) is 1.69. The standard InChI is InChI=1S/C19H36N2/c1-19(2,3)11-16-10-17(14-21(13-16)18-8-9-18)20-12-15-6-4-5-7-15/h15-18,20H,4-14H2,1-3H3. The van der Waals surface area contributed by atoms with Gasteiger partial charge in [0.05, 0.1) is 0 Å². The lowest BCUT2D eigenvalue weighted by molar-refractivity contribution is 0.106. The lowest BCUT2D eigenvalue weighted by Gasteiger charge is -2.41. The van der Waals surface area contributed by atoms with E-state index in [0.29, 0.717) is 5.41 Å². The minimum atomic E-state index is 0.479. The summed E-state index contributed by atoms with van der Waals surface area (Å²) >= 11 is 0. The monoisotopic (exact) mass is 292 g/mol. The second kappa shape index (κ2) is 6.58. The van der Waals surface area contributed by atoms with Gasteiger partial charge >= 0.3 is 0 Å². The molecule has 1 saturated heterocycles. The van der Waals surface area contributed by atoms with Gasteiger partial charge in [-0.2, -0.15) is 0 Å². The van der Waals surface area contributed by atoms with Crippen LogP contribution in [0.1, 0.15) is 72.1 Å². The SMILES string of the molecule is CC(C)(C)CC1CC(NCC2CCCC2)CN(C2CC2)C1. The van der Waals surface area contributed by atoms with Crippen LogP contribution in [-0.4, -0.2) is 36.6 Å². The molecule has 1 heterocycles. The molecule has 0 amide bonds. The molecule has 0 bridgehead atoms. The average molecular weight is 293 g/mol. The van der Waals surface area contributed by atoms with Crippen LogP contribution in [0.25, 0.3) is 0 Å². The van der Waals surface area contributed by atoms with E-state index >= 15 is 0 Å². The Morgan fingerprint density at radius 3 is 2.29 bits per heavy atom. The second-order valence-corrected chi connectivity index (χ2v) is 9.31. The van der Waals surface area contributed by atoms with Crippen LogP contribution in [0.5, 0.6) is 0 Å². The van der Waals surface area contributed by atoms with Crippen LogP contribution in [0.2, 0.25) is 0 Å². The summed E-state index contributed by atoms with van der Waals surface area (Å²) in [6.07, 6.45) is 11.6. The first-order valence-electron chi connectivity index (χ1n) is 9.47. The summed E-state index contributed by atoms with van der Waals surface area (Å²) in [4.78, 5) is 2.81. The van der Waals surface area contributed by atoms with Gasteiger partial charge in [-0.05, 0) is 62.3 Å². The van der Waals surface area contributed by atoms with E-state index in [0.717, 1.165) is 23.9 Å². The summed E-state index contributed by atoms with van der Waals surface area (Å²) in [5.74, 6) is 1.88.